The quantitative estimate of drug-likeness (QED) is 0.772. The number of aryl methyl sites for hydroxylation is 1. The van der Waals surface area contributed by atoms with Gasteiger partial charge in [-0.2, -0.15) is 0 Å². The number of piperidine rings is 1. The molecule has 1 aliphatic rings. The maximum atomic E-state index is 12.4. The SMILES string of the molecule is Cc1ccc(C(=O)Nc2ccc(N3CCCCC3)c3ccncc23)o1. The molecular formula is C20H21N3O2. The van der Waals surface area contributed by atoms with Crippen molar-refractivity contribution in [2.45, 2.75) is 26.2 Å². The lowest BCUT2D eigenvalue weighted by Gasteiger charge is -2.30. The summed E-state index contributed by atoms with van der Waals surface area (Å²) < 4.78 is 5.41. The first-order chi connectivity index (χ1) is 12.2. The maximum Gasteiger partial charge on any atom is 0.291 e. The van der Waals surface area contributed by atoms with Gasteiger partial charge in [-0.05, 0) is 56.5 Å². The summed E-state index contributed by atoms with van der Waals surface area (Å²) in [6.45, 7) is 3.98. The molecule has 25 heavy (non-hydrogen) atoms. The molecule has 3 heterocycles. The normalized spacial score (nSPS) is 14.7. The number of hydrogen-bond acceptors (Lipinski definition) is 4. The van der Waals surface area contributed by atoms with Crippen LogP contribution >= 0.6 is 0 Å². The Hall–Kier alpha value is -2.82. The Kier molecular flexibility index (Phi) is 4.14. The monoisotopic (exact) mass is 335 g/mol. The minimum Gasteiger partial charge on any atom is -0.456 e. The number of carbonyl (C=O) groups is 1. The van der Waals surface area contributed by atoms with Crippen LogP contribution in [0.25, 0.3) is 10.8 Å². The van der Waals surface area contributed by atoms with Gasteiger partial charge in [0.05, 0.1) is 5.69 Å². The third kappa shape index (κ3) is 3.09. The third-order valence-electron chi connectivity index (χ3n) is 4.70. The molecule has 0 bridgehead atoms. The van der Waals surface area contributed by atoms with Gasteiger partial charge in [0.25, 0.3) is 5.91 Å². The van der Waals surface area contributed by atoms with Crippen molar-refractivity contribution in [3.8, 4) is 0 Å². The molecule has 0 spiro atoms. The lowest BCUT2D eigenvalue weighted by molar-refractivity contribution is 0.0995. The summed E-state index contributed by atoms with van der Waals surface area (Å²) in [7, 11) is 0. The molecule has 2 aromatic heterocycles. The van der Waals surface area contributed by atoms with Crippen LogP contribution < -0.4 is 10.2 Å². The molecule has 0 atom stereocenters. The number of benzene rings is 1. The van der Waals surface area contributed by atoms with E-state index in [0.717, 1.165) is 35.3 Å². The van der Waals surface area contributed by atoms with Crippen LogP contribution in [-0.4, -0.2) is 24.0 Å². The van der Waals surface area contributed by atoms with E-state index in [-0.39, 0.29) is 5.91 Å². The molecule has 4 rings (SSSR count). The van der Waals surface area contributed by atoms with E-state index in [4.69, 9.17) is 4.42 Å². The summed E-state index contributed by atoms with van der Waals surface area (Å²) >= 11 is 0. The Labute approximate surface area is 146 Å². The highest BCUT2D eigenvalue weighted by Gasteiger charge is 2.17. The van der Waals surface area contributed by atoms with Crippen LogP contribution in [0.5, 0.6) is 0 Å². The first kappa shape index (κ1) is 15.7. The van der Waals surface area contributed by atoms with Crippen LogP contribution in [0, 0.1) is 6.92 Å². The average molecular weight is 335 g/mol. The molecule has 1 amide bonds. The van der Waals surface area contributed by atoms with E-state index >= 15 is 0 Å². The molecule has 0 unspecified atom stereocenters. The van der Waals surface area contributed by atoms with Crippen LogP contribution in [-0.2, 0) is 0 Å². The Balaban J connectivity index is 1.69. The highest BCUT2D eigenvalue weighted by molar-refractivity contribution is 6.10. The summed E-state index contributed by atoms with van der Waals surface area (Å²) in [6.07, 6.45) is 7.36. The molecule has 5 nitrogen and oxygen atoms in total. The molecule has 1 saturated heterocycles. The van der Waals surface area contributed by atoms with Gasteiger partial charge in [0.1, 0.15) is 5.76 Å². The van der Waals surface area contributed by atoms with Crippen molar-refractivity contribution in [3.05, 3.63) is 54.2 Å². The molecule has 128 valence electrons. The van der Waals surface area contributed by atoms with Crippen molar-refractivity contribution in [2.75, 3.05) is 23.3 Å². The van der Waals surface area contributed by atoms with E-state index in [1.165, 1.54) is 24.9 Å². The van der Waals surface area contributed by atoms with Crippen LogP contribution in [0.1, 0.15) is 35.6 Å². The number of nitrogens with one attached hydrogen (secondary N) is 1. The minimum atomic E-state index is -0.246. The highest BCUT2D eigenvalue weighted by Crippen LogP contribution is 2.33. The van der Waals surface area contributed by atoms with Gasteiger partial charge in [-0.3, -0.25) is 9.78 Å². The lowest BCUT2D eigenvalue weighted by atomic mass is 10.1. The number of anilines is 2. The van der Waals surface area contributed by atoms with E-state index in [0.29, 0.717) is 5.76 Å². The number of furan rings is 1. The number of nitrogens with zero attached hydrogens (tertiary/aromatic N) is 2. The summed E-state index contributed by atoms with van der Waals surface area (Å²) in [5.74, 6) is 0.788. The second-order valence-corrected chi connectivity index (χ2v) is 6.47. The number of rotatable bonds is 3. The minimum absolute atomic E-state index is 0.246. The highest BCUT2D eigenvalue weighted by atomic mass is 16.3. The topological polar surface area (TPSA) is 58.4 Å². The van der Waals surface area contributed by atoms with Gasteiger partial charge in [0.2, 0.25) is 0 Å². The fourth-order valence-corrected chi connectivity index (χ4v) is 3.43. The fraction of sp³-hybridized carbons (Fsp3) is 0.300. The zero-order valence-electron chi connectivity index (χ0n) is 14.3. The largest absolute Gasteiger partial charge is 0.456 e. The van der Waals surface area contributed by atoms with Gasteiger partial charge in [-0.1, -0.05) is 0 Å². The molecule has 3 aromatic rings. The van der Waals surface area contributed by atoms with E-state index in [1.54, 1.807) is 18.3 Å². The van der Waals surface area contributed by atoms with Gasteiger partial charge in [0.15, 0.2) is 5.76 Å². The molecule has 1 aliphatic heterocycles. The number of carbonyl (C=O) groups excluding carboxylic acids is 1. The van der Waals surface area contributed by atoms with Gasteiger partial charge < -0.3 is 14.6 Å². The standard InChI is InChI=1S/C20H21N3O2/c1-14-5-8-19(25-14)20(24)22-17-6-7-18(23-11-3-2-4-12-23)15-9-10-21-13-16(15)17/h5-10,13H,2-4,11-12H2,1H3,(H,22,24). The van der Waals surface area contributed by atoms with E-state index < -0.39 is 0 Å². The molecular weight excluding hydrogens is 314 g/mol. The van der Waals surface area contributed by atoms with E-state index in [2.05, 4.69) is 21.3 Å². The first-order valence-electron chi connectivity index (χ1n) is 8.72. The first-order valence-corrected chi connectivity index (χ1v) is 8.72. The van der Waals surface area contributed by atoms with Gasteiger partial charge >= 0.3 is 0 Å². The summed E-state index contributed by atoms with van der Waals surface area (Å²) in [5, 5.41) is 5.02. The Bertz CT molecular complexity index is 910. The second-order valence-electron chi connectivity index (χ2n) is 6.47. The zero-order valence-corrected chi connectivity index (χ0v) is 14.3. The third-order valence-corrected chi connectivity index (χ3v) is 4.70. The van der Waals surface area contributed by atoms with E-state index in [1.807, 2.05) is 25.3 Å². The van der Waals surface area contributed by atoms with Crippen LogP contribution in [0.3, 0.4) is 0 Å². The van der Waals surface area contributed by atoms with Gasteiger partial charge in [-0.25, -0.2) is 0 Å². The van der Waals surface area contributed by atoms with Crippen molar-refractivity contribution >= 4 is 28.1 Å². The predicted molar refractivity (Wildman–Crippen MR) is 99.2 cm³/mol. The number of hydrogen-bond donors (Lipinski definition) is 1. The van der Waals surface area contributed by atoms with Crippen LogP contribution in [0.4, 0.5) is 11.4 Å². The van der Waals surface area contributed by atoms with E-state index in [9.17, 15) is 4.79 Å². The molecule has 5 heteroatoms. The Morgan fingerprint density at radius 2 is 1.92 bits per heavy atom. The number of amides is 1. The predicted octanol–water partition coefficient (Wildman–Crippen LogP) is 4.38. The van der Waals surface area contributed by atoms with Gasteiger partial charge in [-0.15, -0.1) is 0 Å². The molecule has 1 aromatic carbocycles. The average Bonchev–Trinajstić information content (AvgIpc) is 3.09. The maximum absolute atomic E-state index is 12.4. The second kappa shape index (κ2) is 6.59. The summed E-state index contributed by atoms with van der Waals surface area (Å²) in [5.41, 5.74) is 1.96. The molecule has 1 fully saturated rings. The van der Waals surface area contributed by atoms with Crippen LogP contribution in [0.15, 0.2) is 47.1 Å². The summed E-state index contributed by atoms with van der Waals surface area (Å²) in [4.78, 5) is 19.1. The summed E-state index contributed by atoms with van der Waals surface area (Å²) in [6, 6.07) is 9.55. The fourth-order valence-electron chi connectivity index (χ4n) is 3.43. The Morgan fingerprint density at radius 3 is 2.68 bits per heavy atom. The van der Waals surface area contributed by atoms with Crippen LogP contribution in [0.2, 0.25) is 0 Å². The number of pyridine rings is 1. The van der Waals surface area contributed by atoms with Crippen molar-refractivity contribution in [1.82, 2.24) is 4.98 Å². The van der Waals surface area contributed by atoms with Crippen molar-refractivity contribution < 1.29 is 9.21 Å². The molecule has 0 radical (unpaired) electrons. The molecule has 0 saturated carbocycles. The van der Waals surface area contributed by atoms with Crippen molar-refractivity contribution in [3.63, 3.8) is 0 Å². The zero-order chi connectivity index (χ0) is 17.2. The Morgan fingerprint density at radius 1 is 1.08 bits per heavy atom. The molecule has 1 N–H and O–H groups in total. The lowest BCUT2D eigenvalue weighted by Crippen LogP contribution is -2.29. The number of fused-ring (bicyclic) bond motifs is 1. The van der Waals surface area contributed by atoms with Gasteiger partial charge in [0, 0.05) is 41.9 Å². The van der Waals surface area contributed by atoms with Crippen molar-refractivity contribution in [1.29, 1.82) is 0 Å². The van der Waals surface area contributed by atoms with Crippen molar-refractivity contribution in [2.24, 2.45) is 0 Å². The number of aromatic nitrogens is 1. The smallest absolute Gasteiger partial charge is 0.291 e. The molecule has 0 aliphatic carbocycles.